The van der Waals surface area contributed by atoms with Crippen molar-refractivity contribution >= 4 is 27.7 Å². The molecule has 2 N–H and O–H groups in total. The number of nitrogens with zero attached hydrogens (tertiary/aromatic N) is 3. The van der Waals surface area contributed by atoms with Crippen molar-refractivity contribution in [3.05, 3.63) is 33.4 Å². The van der Waals surface area contributed by atoms with Crippen molar-refractivity contribution < 1.29 is 4.52 Å². The lowest BCUT2D eigenvalue weighted by Crippen LogP contribution is -1.90. The van der Waals surface area contributed by atoms with Gasteiger partial charge in [-0.25, -0.2) is 4.98 Å². The average molecular weight is 278 g/mol. The predicted octanol–water partition coefficient (Wildman–Crippen LogP) is 2.74. The second-order valence-corrected chi connectivity index (χ2v) is 5.66. The van der Waals surface area contributed by atoms with E-state index < -0.39 is 0 Å². The van der Waals surface area contributed by atoms with Gasteiger partial charge in [-0.05, 0) is 18.4 Å². The topological polar surface area (TPSA) is 77.8 Å². The zero-order valence-electron chi connectivity index (χ0n) is 9.58. The van der Waals surface area contributed by atoms with Crippen LogP contribution >= 0.6 is 22.7 Å². The molecule has 0 spiro atoms. The number of nitrogens with two attached hydrogens (primary N) is 1. The first kappa shape index (κ1) is 11.4. The first-order chi connectivity index (χ1) is 8.72. The smallest absolute Gasteiger partial charge is 0.260 e. The number of rotatable bonds is 3. The third kappa shape index (κ3) is 2.14. The fourth-order valence-electron chi connectivity index (χ4n) is 1.55. The number of nitrogen functional groups attached to an aromatic ring is 1. The van der Waals surface area contributed by atoms with Crippen LogP contribution in [0.25, 0.3) is 11.5 Å². The lowest BCUT2D eigenvalue weighted by molar-refractivity contribution is 0.424. The van der Waals surface area contributed by atoms with Crippen LogP contribution in [0.15, 0.2) is 21.3 Å². The molecule has 0 bridgehead atoms. The van der Waals surface area contributed by atoms with Crippen molar-refractivity contribution in [2.24, 2.45) is 0 Å². The maximum atomic E-state index is 5.82. The van der Waals surface area contributed by atoms with Crippen molar-refractivity contribution in [2.45, 2.75) is 13.3 Å². The van der Waals surface area contributed by atoms with Gasteiger partial charge in [0.15, 0.2) is 5.82 Å². The summed E-state index contributed by atoms with van der Waals surface area (Å²) >= 11 is 3.05. The van der Waals surface area contributed by atoms with Gasteiger partial charge in [-0.2, -0.15) is 4.98 Å². The number of hydrogen-bond acceptors (Lipinski definition) is 7. The third-order valence-corrected chi connectivity index (χ3v) is 4.08. The molecule has 0 atom stereocenters. The third-order valence-electron chi connectivity index (χ3n) is 2.37. The normalized spacial score (nSPS) is 10.9. The van der Waals surface area contributed by atoms with Crippen LogP contribution in [-0.4, -0.2) is 15.1 Å². The maximum absolute atomic E-state index is 5.82. The highest BCUT2D eigenvalue weighted by atomic mass is 32.1. The molecule has 5 nitrogen and oxygen atoms in total. The first-order valence-corrected chi connectivity index (χ1v) is 7.05. The molecule has 0 aliphatic heterocycles. The van der Waals surface area contributed by atoms with E-state index >= 15 is 0 Å². The molecule has 3 aromatic heterocycles. The van der Waals surface area contributed by atoms with Crippen molar-refractivity contribution in [2.75, 3.05) is 5.73 Å². The SMILES string of the molecule is Cc1csc(Cc2noc(-c3ccsc3N)n2)n1. The fraction of sp³-hybridized carbons (Fsp3) is 0.182. The molecule has 0 aliphatic carbocycles. The molecule has 18 heavy (non-hydrogen) atoms. The van der Waals surface area contributed by atoms with E-state index in [1.807, 2.05) is 23.8 Å². The van der Waals surface area contributed by atoms with Crippen LogP contribution < -0.4 is 5.73 Å². The Labute approximate surface area is 111 Å². The van der Waals surface area contributed by atoms with Crippen LogP contribution in [0, 0.1) is 6.92 Å². The summed E-state index contributed by atoms with van der Waals surface area (Å²) in [6.07, 6.45) is 0.589. The van der Waals surface area contributed by atoms with E-state index in [0.29, 0.717) is 23.1 Å². The lowest BCUT2D eigenvalue weighted by atomic mass is 10.3. The summed E-state index contributed by atoms with van der Waals surface area (Å²) < 4.78 is 5.21. The molecule has 3 aromatic rings. The van der Waals surface area contributed by atoms with Gasteiger partial charge < -0.3 is 10.3 Å². The number of aromatic nitrogens is 3. The predicted molar refractivity (Wildman–Crippen MR) is 71.7 cm³/mol. The standard InChI is InChI=1S/C11H10N4OS2/c1-6-5-18-9(13-6)4-8-14-11(16-15-8)7-2-3-17-10(7)12/h2-3,5H,4,12H2,1H3. The summed E-state index contributed by atoms with van der Waals surface area (Å²) in [4.78, 5) is 8.70. The van der Waals surface area contributed by atoms with Crippen LogP contribution in [0.5, 0.6) is 0 Å². The van der Waals surface area contributed by atoms with Crippen LogP contribution in [0.2, 0.25) is 0 Å². The Kier molecular flexibility index (Phi) is 2.85. The van der Waals surface area contributed by atoms with Crippen LogP contribution in [0.4, 0.5) is 5.00 Å². The number of thiophene rings is 1. The number of aryl methyl sites for hydroxylation is 1. The quantitative estimate of drug-likeness (QED) is 0.797. The van der Waals surface area contributed by atoms with E-state index in [0.717, 1.165) is 16.3 Å². The summed E-state index contributed by atoms with van der Waals surface area (Å²) in [5.74, 6) is 1.10. The average Bonchev–Trinajstić information content (AvgIpc) is 3.02. The van der Waals surface area contributed by atoms with E-state index in [1.165, 1.54) is 11.3 Å². The Morgan fingerprint density at radius 2 is 2.22 bits per heavy atom. The summed E-state index contributed by atoms with van der Waals surface area (Å²) in [5, 5.41) is 9.53. The van der Waals surface area contributed by atoms with E-state index in [1.54, 1.807) is 11.3 Å². The van der Waals surface area contributed by atoms with Crippen LogP contribution in [0.1, 0.15) is 16.5 Å². The van der Waals surface area contributed by atoms with Gasteiger partial charge in [-0.3, -0.25) is 0 Å². The molecule has 92 valence electrons. The number of thiazole rings is 1. The molecule has 0 radical (unpaired) electrons. The van der Waals surface area contributed by atoms with E-state index in [4.69, 9.17) is 10.3 Å². The van der Waals surface area contributed by atoms with Crippen molar-refractivity contribution in [3.8, 4) is 11.5 Å². The summed E-state index contributed by atoms with van der Waals surface area (Å²) in [6.45, 7) is 1.97. The summed E-state index contributed by atoms with van der Waals surface area (Å²) in [5.41, 5.74) is 7.63. The lowest BCUT2D eigenvalue weighted by Gasteiger charge is -1.89. The Morgan fingerprint density at radius 1 is 1.33 bits per heavy atom. The minimum Gasteiger partial charge on any atom is -0.390 e. The van der Waals surface area contributed by atoms with E-state index in [2.05, 4.69) is 15.1 Å². The van der Waals surface area contributed by atoms with Crippen molar-refractivity contribution in [1.82, 2.24) is 15.1 Å². The second-order valence-electron chi connectivity index (χ2n) is 3.77. The zero-order chi connectivity index (χ0) is 12.5. The Bertz CT molecular complexity index is 670. The van der Waals surface area contributed by atoms with Gasteiger partial charge in [-0.1, -0.05) is 5.16 Å². The second kappa shape index (κ2) is 4.51. The van der Waals surface area contributed by atoms with Gasteiger partial charge in [0.2, 0.25) is 0 Å². The zero-order valence-corrected chi connectivity index (χ0v) is 11.2. The maximum Gasteiger partial charge on any atom is 0.260 e. The van der Waals surface area contributed by atoms with Gasteiger partial charge in [0.05, 0.1) is 17.0 Å². The molecule has 0 saturated carbocycles. The molecule has 3 heterocycles. The van der Waals surface area contributed by atoms with Gasteiger partial charge in [0.25, 0.3) is 5.89 Å². The van der Waals surface area contributed by atoms with E-state index in [9.17, 15) is 0 Å². The molecule has 0 unspecified atom stereocenters. The van der Waals surface area contributed by atoms with Crippen LogP contribution in [0.3, 0.4) is 0 Å². The minimum absolute atomic E-state index is 0.469. The minimum atomic E-state index is 0.469. The molecule has 0 aliphatic rings. The number of hydrogen-bond donors (Lipinski definition) is 1. The van der Waals surface area contributed by atoms with Crippen molar-refractivity contribution in [3.63, 3.8) is 0 Å². The van der Waals surface area contributed by atoms with Crippen molar-refractivity contribution in [1.29, 1.82) is 0 Å². The Hall–Kier alpha value is -1.73. The van der Waals surface area contributed by atoms with Gasteiger partial charge in [0, 0.05) is 11.1 Å². The Balaban J connectivity index is 1.84. The molecule has 0 amide bonds. The molecular weight excluding hydrogens is 268 g/mol. The fourth-order valence-corrected chi connectivity index (χ4v) is 2.95. The highest BCUT2D eigenvalue weighted by Crippen LogP contribution is 2.29. The summed E-state index contributed by atoms with van der Waals surface area (Å²) in [7, 11) is 0. The monoisotopic (exact) mass is 278 g/mol. The van der Waals surface area contributed by atoms with Gasteiger partial charge in [0.1, 0.15) is 5.01 Å². The highest BCUT2D eigenvalue weighted by Gasteiger charge is 2.13. The Morgan fingerprint density at radius 3 is 2.89 bits per heavy atom. The molecule has 0 aromatic carbocycles. The van der Waals surface area contributed by atoms with Gasteiger partial charge >= 0.3 is 0 Å². The number of anilines is 1. The first-order valence-electron chi connectivity index (χ1n) is 5.29. The molecular formula is C11H10N4OS2. The molecule has 3 rings (SSSR count). The molecule has 7 heteroatoms. The van der Waals surface area contributed by atoms with Gasteiger partial charge in [-0.15, -0.1) is 22.7 Å². The van der Waals surface area contributed by atoms with E-state index in [-0.39, 0.29) is 0 Å². The largest absolute Gasteiger partial charge is 0.390 e. The summed E-state index contributed by atoms with van der Waals surface area (Å²) in [6, 6.07) is 1.88. The molecule has 0 fully saturated rings. The van der Waals surface area contributed by atoms with Crippen LogP contribution in [-0.2, 0) is 6.42 Å². The highest BCUT2D eigenvalue weighted by molar-refractivity contribution is 7.14. The molecule has 0 saturated heterocycles.